The van der Waals surface area contributed by atoms with Gasteiger partial charge < -0.3 is 23.9 Å². The first-order valence-electron chi connectivity index (χ1n) is 12.3. The van der Waals surface area contributed by atoms with Gasteiger partial charge in [0.05, 0.1) is 30.1 Å². The third-order valence-corrected chi connectivity index (χ3v) is 7.50. The number of azo groups is 1. The van der Waals surface area contributed by atoms with Crippen LogP contribution in [0.5, 0.6) is 0 Å². The molecule has 0 bridgehead atoms. The van der Waals surface area contributed by atoms with Crippen LogP contribution in [0, 0.1) is 6.57 Å². The smallest absolute Gasteiger partial charge is 0.259 e. The standard InChI is InChI=1S/C27H38N5O4P/c1-20(2)32(21(3)4)37(35-17-16-28-6)36-22(5)26(19-34-7)29-27(33)23-12-11-15-25(18-23)31-30-24-13-9-8-10-14-24/h8-15,18,20-22,26H,16-17,19H2,1-5,7H3,(H,29,33)/t22-,26-,37?/m0/s1. The lowest BCUT2D eigenvalue weighted by atomic mass is 10.1. The molecule has 0 aliphatic rings. The first-order valence-corrected chi connectivity index (χ1v) is 13.5. The van der Waals surface area contributed by atoms with Gasteiger partial charge in [0.15, 0.2) is 0 Å². The van der Waals surface area contributed by atoms with Gasteiger partial charge in [0.25, 0.3) is 14.4 Å². The van der Waals surface area contributed by atoms with Crippen molar-refractivity contribution in [3.63, 3.8) is 0 Å². The lowest BCUT2D eigenvalue weighted by Crippen LogP contribution is -2.46. The Morgan fingerprint density at radius 2 is 1.68 bits per heavy atom. The fourth-order valence-electron chi connectivity index (χ4n) is 3.55. The van der Waals surface area contributed by atoms with Crippen LogP contribution in [0.2, 0.25) is 0 Å². The molecule has 2 aromatic carbocycles. The average molecular weight is 528 g/mol. The van der Waals surface area contributed by atoms with Gasteiger partial charge in [-0.25, -0.2) is 11.2 Å². The van der Waals surface area contributed by atoms with E-state index in [1.165, 1.54) is 0 Å². The highest BCUT2D eigenvalue weighted by Gasteiger charge is 2.32. The number of rotatable bonds is 15. The van der Waals surface area contributed by atoms with Gasteiger partial charge in [-0.1, -0.05) is 24.3 Å². The molecule has 0 aromatic heterocycles. The second-order valence-electron chi connectivity index (χ2n) is 8.95. The van der Waals surface area contributed by atoms with Crippen molar-refractivity contribution in [2.24, 2.45) is 10.2 Å². The summed E-state index contributed by atoms with van der Waals surface area (Å²) in [5, 5.41) is 11.5. The predicted octanol–water partition coefficient (Wildman–Crippen LogP) is 6.53. The topological polar surface area (TPSA) is 89.1 Å². The van der Waals surface area contributed by atoms with Crippen LogP contribution in [0.3, 0.4) is 0 Å². The van der Waals surface area contributed by atoms with E-state index in [2.05, 4.69) is 52.8 Å². The molecule has 0 aliphatic heterocycles. The lowest BCUT2D eigenvalue weighted by Gasteiger charge is -2.38. The van der Waals surface area contributed by atoms with Gasteiger partial charge in [0.2, 0.25) is 6.54 Å². The van der Waals surface area contributed by atoms with Crippen molar-refractivity contribution in [1.82, 2.24) is 9.99 Å². The van der Waals surface area contributed by atoms with Gasteiger partial charge in [-0.15, -0.1) is 0 Å². The van der Waals surface area contributed by atoms with Gasteiger partial charge in [-0.05, 0) is 65.0 Å². The highest BCUT2D eigenvalue weighted by atomic mass is 31.2. The molecule has 200 valence electrons. The third-order valence-electron chi connectivity index (χ3n) is 5.28. The van der Waals surface area contributed by atoms with E-state index >= 15 is 0 Å². The number of carbonyl (C=O) groups is 1. The molecule has 3 atom stereocenters. The minimum absolute atomic E-state index is 0.175. The normalized spacial score (nSPS) is 14.2. The van der Waals surface area contributed by atoms with E-state index in [0.717, 1.165) is 5.69 Å². The Morgan fingerprint density at radius 1 is 1.03 bits per heavy atom. The molecule has 37 heavy (non-hydrogen) atoms. The maximum Gasteiger partial charge on any atom is 0.259 e. The summed E-state index contributed by atoms with van der Waals surface area (Å²) in [6, 6.07) is 16.3. The van der Waals surface area contributed by atoms with Crippen molar-refractivity contribution < 1.29 is 18.6 Å². The molecule has 9 nitrogen and oxygen atoms in total. The summed E-state index contributed by atoms with van der Waals surface area (Å²) in [4.78, 5) is 16.5. The fourth-order valence-corrected chi connectivity index (χ4v) is 5.28. The summed E-state index contributed by atoms with van der Waals surface area (Å²) in [5.41, 5.74) is 1.76. The molecule has 0 saturated heterocycles. The van der Waals surface area contributed by atoms with Crippen LogP contribution in [0.25, 0.3) is 4.85 Å². The van der Waals surface area contributed by atoms with Crippen molar-refractivity contribution in [2.45, 2.75) is 58.8 Å². The number of nitrogens with one attached hydrogen (secondary N) is 1. The van der Waals surface area contributed by atoms with Crippen LogP contribution >= 0.6 is 8.53 Å². The van der Waals surface area contributed by atoms with Gasteiger partial charge in [-0.2, -0.15) is 10.2 Å². The van der Waals surface area contributed by atoms with Crippen molar-refractivity contribution >= 4 is 25.8 Å². The Kier molecular flexibility index (Phi) is 13.3. The minimum atomic E-state index is -1.45. The van der Waals surface area contributed by atoms with Gasteiger partial charge in [-0.3, -0.25) is 4.79 Å². The Bertz CT molecular complexity index is 1020. The molecule has 0 heterocycles. The molecule has 1 amide bonds. The Morgan fingerprint density at radius 3 is 2.30 bits per heavy atom. The van der Waals surface area contributed by atoms with Crippen LogP contribution in [-0.2, 0) is 13.8 Å². The zero-order chi connectivity index (χ0) is 27.2. The molecule has 0 spiro atoms. The number of amides is 1. The third kappa shape index (κ3) is 10.3. The number of hydrogen-bond donors (Lipinski definition) is 1. The molecule has 0 aliphatic carbocycles. The molecular formula is C27H38N5O4P. The van der Waals surface area contributed by atoms with Crippen LogP contribution in [-0.4, -0.2) is 61.7 Å². The quantitative estimate of drug-likeness (QED) is 0.123. The summed E-state index contributed by atoms with van der Waals surface area (Å²) in [6.45, 7) is 18.1. The van der Waals surface area contributed by atoms with E-state index in [-0.39, 0.29) is 37.7 Å². The number of hydrogen-bond acceptors (Lipinski definition) is 7. The number of carbonyl (C=O) groups excluding carboxylic acids is 1. The minimum Gasteiger partial charge on any atom is -0.382 e. The summed E-state index contributed by atoms with van der Waals surface area (Å²) in [5.74, 6) is -0.267. The predicted molar refractivity (Wildman–Crippen MR) is 147 cm³/mol. The first-order chi connectivity index (χ1) is 17.8. The van der Waals surface area contributed by atoms with Crippen LogP contribution in [0.4, 0.5) is 11.4 Å². The highest BCUT2D eigenvalue weighted by molar-refractivity contribution is 7.44. The van der Waals surface area contributed by atoms with Crippen LogP contribution in [0.15, 0.2) is 64.8 Å². The van der Waals surface area contributed by atoms with Crippen molar-refractivity contribution in [1.29, 1.82) is 0 Å². The molecular weight excluding hydrogens is 489 g/mol. The Balaban J connectivity index is 2.14. The summed E-state index contributed by atoms with van der Waals surface area (Å²) >= 11 is 0. The highest BCUT2D eigenvalue weighted by Crippen LogP contribution is 2.47. The van der Waals surface area contributed by atoms with Gasteiger partial charge in [0.1, 0.15) is 6.61 Å². The molecule has 2 rings (SSSR count). The SMILES string of the molecule is [C-]#[N+]CCOP(O[C@@H](C)[C@H](COC)NC(=O)c1cccc(N=Nc2ccccc2)c1)N(C(C)C)C(C)C. The number of nitrogens with zero attached hydrogens (tertiary/aromatic N) is 4. The number of ether oxygens (including phenoxy) is 1. The molecule has 0 fully saturated rings. The lowest BCUT2D eigenvalue weighted by molar-refractivity contribution is 0.0648. The van der Waals surface area contributed by atoms with E-state index in [0.29, 0.717) is 11.3 Å². The summed E-state index contributed by atoms with van der Waals surface area (Å²) in [7, 11) is 0.130. The maximum atomic E-state index is 13.1. The Hall–Kier alpha value is -2.73. The molecule has 1 unspecified atom stereocenters. The van der Waals surface area contributed by atoms with Crippen LogP contribution < -0.4 is 5.32 Å². The zero-order valence-corrected chi connectivity index (χ0v) is 23.4. The second-order valence-corrected chi connectivity index (χ2v) is 10.4. The van der Waals surface area contributed by atoms with E-state index in [4.69, 9.17) is 20.4 Å². The number of benzene rings is 2. The zero-order valence-electron chi connectivity index (χ0n) is 22.5. The monoisotopic (exact) mass is 527 g/mol. The maximum absolute atomic E-state index is 13.1. The first kappa shape index (κ1) is 30.5. The van der Waals surface area contributed by atoms with Crippen molar-refractivity contribution in [3.05, 3.63) is 71.6 Å². The number of methoxy groups -OCH3 is 1. The summed E-state index contributed by atoms with van der Waals surface area (Å²) in [6.07, 6.45) is -0.413. The average Bonchev–Trinajstić information content (AvgIpc) is 2.87. The molecule has 2 aromatic rings. The van der Waals surface area contributed by atoms with Gasteiger partial charge >= 0.3 is 0 Å². The summed E-state index contributed by atoms with van der Waals surface area (Å²) < 4.78 is 19.9. The van der Waals surface area contributed by atoms with E-state index in [1.807, 2.05) is 37.3 Å². The largest absolute Gasteiger partial charge is 0.382 e. The molecule has 0 saturated carbocycles. The van der Waals surface area contributed by atoms with Crippen molar-refractivity contribution in [3.8, 4) is 0 Å². The van der Waals surface area contributed by atoms with E-state index in [1.54, 1.807) is 31.4 Å². The molecule has 1 N–H and O–H groups in total. The Labute approximate surface area is 222 Å². The van der Waals surface area contributed by atoms with E-state index in [9.17, 15) is 4.79 Å². The van der Waals surface area contributed by atoms with Gasteiger partial charge in [0, 0.05) is 24.8 Å². The van der Waals surface area contributed by atoms with Crippen LogP contribution in [0.1, 0.15) is 45.0 Å². The fraction of sp³-hybridized carbons (Fsp3) is 0.481. The molecule has 0 radical (unpaired) electrons. The van der Waals surface area contributed by atoms with E-state index < -0.39 is 20.7 Å². The molecule has 10 heteroatoms. The second kappa shape index (κ2) is 16.2. The van der Waals surface area contributed by atoms with Crippen molar-refractivity contribution in [2.75, 3.05) is 26.9 Å².